The smallest absolute Gasteiger partial charge is 0.214 e. The van der Waals surface area contributed by atoms with Crippen molar-refractivity contribution in [3.63, 3.8) is 0 Å². The molecule has 33 heavy (non-hydrogen) atoms. The number of hydrogen-bond donors (Lipinski definition) is 0. The number of anilines is 1. The summed E-state index contributed by atoms with van der Waals surface area (Å²) in [5.74, 6) is 2.78. The first-order chi connectivity index (χ1) is 16.1. The molecule has 0 saturated carbocycles. The Bertz CT molecular complexity index is 1300. The molecule has 8 nitrogen and oxygen atoms in total. The van der Waals surface area contributed by atoms with Crippen molar-refractivity contribution < 1.29 is 14.2 Å². The van der Waals surface area contributed by atoms with Crippen LogP contribution in [0.3, 0.4) is 0 Å². The Morgan fingerprint density at radius 2 is 1.70 bits per heavy atom. The molecule has 0 radical (unpaired) electrons. The summed E-state index contributed by atoms with van der Waals surface area (Å²) in [4.78, 5) is 18.2. The number of nitrogens with zero attached hydrogens (tertiary/aromatic N) is 5. The first kappa shape index (κ1) is 21.2. The van der Waals surface area contributed by atoms with Crippen LogP contribution < -0.4 is 19.1 Å². The van der Waals surface area contributed by atoms with Gasteiger partial charge in [-0.3, -0.25) is 0 Å². The fraction of sp³-hybridized carbons (Fsp3) is 0.320. The molecule has 0 spiro atoms. The third kappa shape index (κ3) is 3.98. The van der Waals surface area contributed by atoms with Crippen LogP contribution in [-0.4, -0.2) is 73.4 Å². The molecule has 2 atom stereocenters. The van der Waals surface area contributed by atoms with Crippen molar-refractivity contribution in [2.24, 2.45) is 0 Å². The minimum absolute atomic E-state index is 0.0705. The summed E-state index contributed by atoms with van der Waals surface area (Å²) < 4.78 is 17.4. The minimum Gasteiger partial charge on any atom is -0.493 e. The van der Waals surface area contributed by atoms with E-state index in [1.165, 1.54) is 0 Å². The molecular weight excluding hydrogens is 418 g/mol. The van der Waals surface area contributed by atoms with Crippen LogP contribution in [0.25, 0.3) is 21.8 Å². The standard InChI is InChI=1S/C25H27N5O3/c1-29(2)20-13-30(14-23(20)33-24-10-9-16-7-5-6-8-18(16)28-24)25-17-11-21(31-3)22(32-4)12-19(17)26-15-27-25/h5-12,15,20,23H,13-14H2,1-4H3. The third-order valence-electron chi connectivity index (χ3n) is 6.16. The van der Waals surface area contributed by atoms with Gasteiger partial charge in [-0.15, -0.1) is 0 Å². The molecule has 4 aromatic rings. The van der Waals surface area contributed by atoms with Crippen LogP contribution in [0.4, 0.5) is 5.82 Å². The average molecular weight is 446 g/mol. The molecule has 1 aliphatic heterocycles. The number of hydrogen-bond acceptors (Lipinski definition) is 8. The lowest BCUT2D eigenvalue weighted by Gasteiger charge is -2.25. The number of para-hydroxylation sites is 1. The molecule has 8 heteroatoms. The van der Waals surface area contributed by atoms with Crippen molar-refractivity contribution in [3.8, 4) is 17.4 Å². The summed E-state index contributed by atoms with van der Waals surface area (Å²) in [6.45, 7) is 1.45. The molecule has 0 N–H and O–H groups in total. The van der Waals surface area contributed by atoms with Crippen LogP contribution >= 0.6 is 0 Å². The summed E-state index contributed by atoms with van der Waals surface area (Å²) in [6, 6.07) is 16.0. The van der Waals surface area contributed by atoms with E-state index < -0.39 is 0 Å². The van der Waals surface area contributed by atoms with Gasteiger partial charge in [0.15, 0.2) is 11.5 Å². The van der Waals surface area contributed by atoms with Crippen LogP contribution in [0.5, 0.6) is 17.4 Å². The van der Waals surface area contributed by atoms with E-state index in [9.17, 15) is 0 Å². The second-order valence-corrected chi connectivity index (χ2v) is 8.36. The van der Waals surface area contributed by atoms with Gasteiger partial charge in [0, 0.05) is 29.4 Å². The second kappa shape index (κ2) is 8.71. The van der Waals surface area contributed by atoms with Crippen LogP contribution in [-0.2, 0) is 0 Å². The molecule has 2 aromatic carbocycles. The van der Waals surface area contributed by atoms with Crippen molar-refractivity contribution in [2.45, 2.75) is 12.1 Å². The average Bonchev–Trinajstić information content (AvgIpc) is 3.26. The van der Waals surface area contributed by atoms with Gasteiger partial charge in [0.2, 0.25) is 5.88 Å². The maximum absolute atomic E-state index is 6.42. The molecule has 1 aliphatic rings. The lowest BCUT2D eigenvalue weighted by atomic mass is 10.2. The molecule has 5 rings (SSSR count). The van der Waals surface area contributed by atoms with Crippen LogP contribution in [0.1, 0.15) is 0 Å². The fourth-order valence-electron chi connectivity index (χ4n) is 4.43. The lowest BCUT2D eigenvalue weighted by molar-refractivity contribution is 0.130. The van der Waals surface area contributed by atoms with Gasteiger partial charge in [0.1, 0.15) is 18.2 Å². The maximum atomic E-state index is 6.42. The Labute approximate surface area is 192 Å². The Morgan fingerprint density at radius 1 is 0.909 bits per heavy atom. The van der Waals surface area contributed by atoms with Gasteiger partial charge >= 0.3 is 0 Å². The van der Waals surface area contributed by atoms with E-state index in [0.29, 0.717) is 23.9 Å². The first-order valence-electron chi connectivity index (χ1n) is 10.9. The van der Waals surface area contributed by atoms with Crippen molar-refractivity contribution >= 4 is 27.6 Å². The number of fused-ring (bicyclic) bond motifs is 2. The van der Waals surface area contributed by atoms with Gasteiger partial charge in [0.25, 0.3) is 0 Å². The molecule has 1 saturated heterocycles. The monoisotopic (exact) mass is 445 g/mol. The summed E-state index contributed by atoms with van der Waals surface area (Å²) in [6.07, 6.45) is 1.52. The van der Waals surface area contributed by atoms with E-state index in [2.05, 4.69) is 39.9 Å². The zero-order valence-corrected chi connectivity index (χ0v) is 19.2. The minimum atomic E-state index is -0.0705. The van der Waals surface area contributed by atoms with Crippen LogP contribution in [0, 0.1) is 0 Å². The van der Waals surface area contributed by atoms with Gasteiger partial charge in [0.05, 0.1) is 37.8 Å². The van der Waals surface area contributed by atoms with Gasteiger partial charge in [-0.2, -0.15) is 0 Å². The first-order valence-corrected chi connectivity index (χ1v) is 10.9. The molecule has 1 fully saturated rings. The van der Waals surface area contributed by atoms with Crippen molar-refractivity contribution in [2.75, 3.05) is 46.3 Å². The number of benzene rings is 2. The summed E-state index contributed by atoms with van der Waals surface area (Å²) in [7, 11) is 7.40. The lowest BCUT2D eigenvalue weighted by Crippen LogP contribution is -2.41. The van der Waals surface area contributed by atoms with E-state index in [1.54, 1.807) is 20.5 Å². The van der Waals surface area contributed by atoms with E-state index in [0.717, 1.165) is 34.2 Å². The number of ether oxygens (including phenoxy) is 3. The number of likely N-dealkylation sites (N-methyl/N-ethyl adjacent to an activating group) is 1. The summed E-state index contributed by atoms with van der Waals surface area (Å²) >= 11 is 0. The topological polar surface area (TPSA) is 72.8 Å². The molecule has 0 amide bonds. The van der Waals surface area contributed by atoms with Gasteiger partial charge in [-0.1, -0.05) is 18.2 Å². The van der Waals surface area contributed by atoms with E-state index >= 15 is 0 Å². The van der Waals surface area contributed by atoms with Crippen molar-refractivity contribution in [1.29, 1.82) is 0 Å². The molecule has 2 unspecified atom stereocenters. The largest absolute Gasteiger partial charge is 0.493 e. The number of aromatic nitrogens is 3. The number of methoxy groups -OCH3 is 2. The predicted octanol–water partition coefficient (Wildman–Crippen LogP) is 3.39. The third-order valence-corrected chi connectivity index (χ3v) is 6.16. The second-order valence-electron chi connectivity index (χ2n) is 8.36. The maximum Gasteiger partial charge on any atom is 0.214 e. The Kier molecular flexibility index (Phi) is 5.60. The Hall–Kier alpha value is -3.65. The Balaban J connectivity index is 1.47. The fourth-order valence-corrected chi connectivity index (χ4v) is 4.43. The van der Waals surface area contributed by atoms with Crippen molar-refractivity contribution in [3.05, 3.63) is 54.9 Å². The van der Waals surface area contributed by atoms with Crippen molar-refractivity contribution in [1.82, 2.24) is 19.9 Å². The summed E-state index contributed by atoms with van der Waals surface area (Å²) in [5.41, 5.74) is 1.73. The summed E-state index contributed by atoms with van der Waals surface area (Å²) in [5, 5.41) is 2.01. The number of rotatable bonds is 6. The van der Waals surface area contributed by atoms with Crippen LogP contribution in [0.2, 0.25) is 0 Å². The highest BCUT2D eigenvalue weighted by atomic mass is 16.5. The highest BCUT2D eigenvalue weighted by molar-refractivity contribution is 5.92. The molecule has 0 bridgehead atoms. The Morgan fingerprint density at radius 3 is 2.48 bits per heavy atom. The van der Waals surface area contributed by atoms with E-state index in [4.69, 9.17) is 19.2 Å². The quantitative estimate of drug-likeness (QED) is 0.447. The SMILES string of the molecule is COc1cc2ncnc(N3CC(Oc4ccc5ccccc5n4)C(N(C)C)C3)c2cc1OC. The van der Waals surface area contributed by atoms with E-state index in [1.807, 2.05) is 42.5 Å². The predicted molar refractivity (Wildman–Crippen MR) is 128 cm³/mol. The zero-order chi connectivity index (χ0) is 22.9. The van der Waals surface area contributed by atoms with Gasteiger partial charge in [-0.25, -0.2) is 15.0 Å². The molecule has 3 heterocycles. The van der Waals surface area contributed by atoms with Gasteiger partial charge in [-0.05, 0) is 32.3 Å². The zero-order valence-electron chi connectivity index (χ0n) is 19.2. The molecule has 2 aromatic heterocycles. The molecule has 170 valence electrons. The highest BCUT2D eigenvalue weighted by Crippen LogP contribution is 2.36. The highest BCUT2D eigenvalue weighted by Gasteiger charge is 2.37. The normalized spacial score (nSPS) is 18.3. The van der Waals surface area contributed by atoms with E-state index in [-0.39, 0.29) is 12.1 Å². The van der Waals surface area contributed by atoms with Gasteiger partial charge < -0.3 is 24.0 Å². The molecule has 0 aliphatic carbocycles. The number of pyridine rings is 1. The van der Waals surface area contributed by atoms with Crippen LogP contribution in [0.15, 0.2) is 54.9 Å². The molecular formula is C25H27N5O3.